The third-order valence-electron chi connectivity index (χ3n) is 3.24. The second-order valence-corrected chi connectivity index (χ2v) is 5.85. The fourth-order valence-electron chi connectivity index (χ4n) is 2.07. The number of rotatable bonds is 4. The van der Waals surface area contributed by atoms with Gasteiger partial charge in [0.15, 0.2) is 0 Å². The first kappa shape index (κ1) is 16.3. The fourth-order valence-corrected chi connectivity index (χ4v) is 2.45. The number of hydrogen-bond acceptors (Lipinski definition) is 3. The van der Waals surface area contributed by atoms with E-state index in [9.17, 15) is 4.79 Å². The summed E-state index contributed by atoms with van der Waals surface area (Å²) in [5.74, 6) is 0.344. The van der Waals surface area contributed by atoms with Crippen LogP contribution in [-0.4, -0.2) is 10.9 Å². The van der Waals surface area contributed by atoms with Crippen molar-refractivity contribution in [3.8, 4) is 0 Å². The van der Waals surface area contributed by atoms with E-state index in [0.717, 1.165) is 5.69 Å². The van der Waals surface area contributed by atoms with Crippen molar-refractivity contribution in [3.05, 3.63) is 82.5 Å². The number of halogens is 2. The van der Waals surface area contributed by atoms with Crippen LogP contribution in [0.15, 0.2) is 66.9 Å². The minimum absolute atomic E-state index is 0.255. The lowest BCUT2D eigenvalue weighted by atomic mass is 10.2. The van der Waals surface area contributed by atoms with E-state index in [-0.39, 0.29) is 5.91 Å². The molecular weight excluding hydrogens is 345 g/mol. The van der Waals surface area contributed by atoms with Crippen LogP contribution in [0.3, 0.4) is 0 Å². The average Bonchev–Trinajstić information content (AvgIpc) is 2.57. The van der Waals surface area contributed by atoms with E-state index >= 15 is 0 Å². The minimum Gasteiger partial charge on any atom is -0.339 e. The van der Waals surface area contributed by atoms with E-state index in [1.807, 2.05) is 18.2 Å². The van der Waals surface area contributed by atoms with Crippen molar-refractivity contribution < 1.29 is 4.79 Å². The summed E-state index contributed by atoms with van der Waals surface area (Å²) in [6.07, 6.45) is 1.50. The highest BCUT2D eigenvalue weighted by Gasteiger charge is 2.08. The number of nitrogens with zero attached hydrogens (tertiary/aromatic N) is 1. The number of aromatic nitrogens is 1. The molecule has 0 aliphatic heterocycles. The summed E-state index contributed by atoms with van der Waals surface area (Å²) in [7, 11) is 0. The number of anilines is 3. The Balaban J connectivity index is 1.70. The largest absolute Gasteiger partial charge is 0.339 e. The van der Waals surface area contributed by atoms with Crippen molar-refractivity contribution in [1.82, 2.24) is 4.98 Å². The molecule has 0 saturated carbocycles. The smallest absolute Gasteiger partial charge is 0.257 e. The van der Waals surface area contributed by atoms with Crippen LogP contribution in [0.25, 0.3) is 0 Å². The molecule has 120 valence electrons. The molecule has 0 spiro atoms. The molecule has 2 aromatic carbocycles. The minimum atomic E-state index is -0.255. The van der Waals surface area contributed by atoms with E-state index in [2.05, 4.69) is 15.6 Å². The van der Waals surface area contributed by atoms with Crippen LogP contribution in [0.5, 0.6) is 0 Å². The maximum absolute atomic E-state index is 12.2. The quantitative estimate of drug-likeness (QED) is 0.658. The summed E-state index contributed by atoms with van der Waals surface area (Å²) < 4.78 is 0. The van der Waals surface area contributed by atoms with Gasteiger partial charge in [0.05, 0.1) is 16.3 Å². The molecule has 1 heterocycles. The van der Waals surface area contributed by atoms with Crippen molar-refractivity contribution in [2.24, 2.45) is 0 Å². The van der Waals surface area contributed by atoms with Gasteiger partial charge in [0.25, 0.3) is 5.91 Å². The molecular formula is C18H13Cl2N3O. The van der Waals surface area contributed by atoms with Crippen LogP contribution in [-0.2, 0) is 0 Å². The Morgan fingerprint density at radius 3 is 2.50 bits per heavy atom. The molecule has 3 rings (SSSR count). The topological polar surface area (TPSA) is 54.0 Å². The number of nitrogens with one attached hydrogen (secondary N) is 2. The van der Waals surface area contributed by atoms with E-state index < -0.39 is 0 Å². The van der Waals surface area contributed by atoms with Gasteiger partial charge in [-0.1, -0.05) is 41.4 Å². The molecule has 0 fully saturated rings. The first-order valence-corrected chi connectivity index (χ1v) is 7.92. The summed E-state index contributed by atoms with van der Waals surface area (Å²) in [6, 6.07) is 17.7. The first-order chi connectivity index (χ1) is 11.6. The predicted molar refractivity (Wildman–Crippen MR) is 98.4 cm³/mol. The average molecular weight is 358 g/mol. The Morgan fingerprint density at radius 1 is 0.958 bits per heavy atom. The predicted octanol–water partition coefficient (Wildman–Crippen LogP) is 5.38. The van der Waals surface area contributed by atoms with Gasteiger partial charge < -0.3 is 10.6 Å². The number of benzene rings is 2. The van der Waals surface area contributed by atoms with Gasteiger partial charge in [0, 0.05) is 16.9 Å². The van der Waals surface area contributed by atoms with Gasteiger partial charge in [-0.05, 0) is 42.5 Å². The van der Waals surface area contributed by atoms with Crippen LogP contribution in [0.2, 0.25) is 10.0 Å². The third kappa shape index (κ3) is 4.04. The molecule has 1 amide bonds. The summed E-state index contributed by atoms with van der Waals surface area (Å²) in [4.78, 5) is 16.5. The Labute approximate surface area is 149 Å². The normalized spacial score (nSPS) is 10.2. The highest BCUT2D eigenvalue weighted by molar-refractivity contribution is 6.33. The number of carbonyl (C=O) groups is 1. The second kappa shape index (κ2) is 7.34. The number of para-hydroxylation sites is 1. The van der Waals surface area contributed by atoms with Gasteiger partial charge in [-0.25, -0.2) is 4.98 Å². The molecule has 4 nitrogen and oxygen atoms in total. The Kier molecular flexibility index (Phi) is 4.99. The molecule has 24 heavy (non-hydrogen) atoms. The Bertz CT molecular complexity index is 866. The van der Waals surface area contributed by atoms with Gasteiger partial charge in [-0.15, -0.1) is 0 Å². The molecule has 0 unspecified atom stereocenters. The van der Waals surface area contributed by atoms with Crippen LogP contribution in [0, 0.1) is 0 Å². The molecule has 0 aliphatic rings. The Morgan fingerprint density at radius 2 is 1.79 bits per heavy atom. The van der Waals surface area contributed by atoms with Crippen molar-refractivity contribution in [2.75, 3.05) is 10.6 Å². The standard InChI is InChI=1S/C18H13Cl2N3O/c19-13-4-3-5-14(10-13)22-18(24)12-8-9-17(21-11-12)23-16-7-2-1-6-15(16)20/h1-11H,(H,21,23)(H,22,24). The molecule has 0 bridgehead atoms. The van der Waals surface area contributed by atoms with Crippen molar-refractivity contribution >= 4 is 46.3 Å². The molecule has 1 aromatic heterocycles. The third-order valence-corrected chi connectivity index (χ3v) is 3.81. The highest BCUT2D eigenvalue weighted by atomic mass is 35.5. The highest BCUT2D eigenvalue weighted by Crippen LogP contribution is 2.24. The monoisotopic (exact) mass is 357 g/mol. The number of pyridine rings is 1. The molecule has 3 aromatic rings. The zero-order valence-corrected chi connectivity index (χ0v) is 14.0. The molecule has 0 atom stereocenters. The molecule has 0 aliphatic carbocycles. The zero-order chi connectivity index (χ0) is 16.9. The SMILES string of the molecule is O=C(Nc1cccc(Cl)c1)c1ccc(Nc2ccccc2Cl)nc1. The second-order valence-electron chi connectivity index (χ2n) is 5.00. The van der Waals surface area contributed by atoms with Crippen LogP contribution < -0.4 is 10.6 Å². The summed E-state index contributed by atoms with van der Waals surface area (Å²) in [5, 5.41) is 7.04. The lowest BCUT2D eigenvalue weighted by molar-refractivity contribution is 0.102. The van der Waals surface area contributed by atoms with Crippen molar-refractivity contribution in [1.29, 1.82) is 0 Å². The zero-order valence-electron chi connectivity index (χ0n) is 12.5. The maximum Gasteiger partial charge on any atom is 0.257 e. The number of hydrogen-bond donors (Lipinski definition) is 2. The molecule has 2 N–H and O–H groups in total. The number of amides is 1. The van der Waals surface area contributed by atoms with Gasteiger partial charge in [-0.2, -0.15) is 0 Å². The van der Waals surface area contributed by atoms with E-state index in [1.165, 1.54) is 6.20 Å². The fraction of sp³-hybridized carbons (Fsp3) is 0. The summed E-state index contributed by atoms with van der Waals surface area (Å²) in [6.45, 7) is 0. The molecule has 0 radical (unpaired) electrons. The van der Waals surface area contributed by atoms with Crippen LogP contribution in [0.4, 0.5) is 17.2 Å². The van der Waals surface area contributed by atoms with Crippen molar-refractivity contribution in [2.45, 2.75) is 0 Å². The van der Waals surface area contributed by atoms with Gasteiger partial charge >= 0.3 is 0 Å². The van der Waals surface area contributed by atoms with E-state index in [1.54, 1.807) is 42.5 Å². The lowest BCUT2D eigenvalue weighted by Gasteiger charge is -2.08. The van der Waals surface area contributed by atoms with Crippen molar-refractivity contribution in [3.63, 3.8) is 0 Å². The molecule has 6 heteroatoms. The first-order valence-electron chi connectivity index (χ1n) is 7.16. The van der Waals surface area contributed by atoms with Crippen LogP contribution in [0.1, 0.15) is 10.4 Å². The maximum atomic E-state index is 12.2. The number of carbonyl (C=O) groups excluding carboxylic acids is 1. The van der Waals surface area contributed by atoms with Crippen LogP contribution >= 0.6 is 23.2 Å². The Hall–Kier alpha value is -2.56. The van der Waals surface area contributed by atoms with Gasteiger partial charge in [-0.3, -0.25) is 4.79 Å². The van der Waals surface area contributed by atoms with E-state index in [0.29, 0.717) is 27.1 Å². The lowest BCUT2D eigenvalue weighted by Crippen LogP contribution is -2.12. The van der Waals surface area contributed by atoms with E-state index in [4.69, 9.17) is 23.2 Å². The molecule has 0 saturated heterocycles. The summed E-state index contributed by atoms with van der Waals surface area (Å²) in [5.41, 5.74) is 1.83. The van der Waals surface area contributed by atoms with Gasteiger partial charge in [0.1, 0.15) is 5.82 Å². The van der Waals surface area contributed by atoms with Gasteiger partial charge in [0.2, 0.25) is 0 Å². The summed E-state index contributed by atoms with van der Waals surface area (Å²) >= 11 is 12.0.